The number of methoxy groups -OCH3 is 2. The van der Waals surface area contributed by atoms with Gasteiger partial charge in [-0.2, -0.15) is 0 Å². The predicted molar refractivity (Wildman–Crippen MR) is 95.9 cm³/mol. The number of carbonyl (C=O) groups excluding carboxylic acids is 3. The summed E-state index contributed by atoms with van der Waals surface area (Å²) in [5, 5.41) is 2.77. The Morgan fingerprint density at radius 1 is 1.15 bits per heavy atom. The van der Waals surface area contributed by atoms with E-state index in [1.54, 1.807) is 24.3 Å². The van der Waals surface area contributed by atoms with E-state index in [0.29, 0.717) is 18.5 Å². The number of benzene rings is 1. The first-order valence-electron chi connectivity index (χ1n) is 8.51. The Kier molecular flexibility index (Phi) is 5.90. The largest absolute Gasteiger partial charge is 0.469 e. The highest BCUT2D eigenvalue weighted by molar-refractivity contribution is 5.89. The molecular weight excluding hydrogens is 336 g/mol. The van der Waals surface area contributed by atoms with Crippen molar-refractivity contribution >= 4 is 23.5 Å². The van der Waals surface area contributed by atoms with Crippen molar-refractivity contribution in [1.82, 2.24) is 5.32 Å². The van der Waals surface area contributed by atoms with Gasteiger partial charge in [0.25, 0.3) is 0 Å². The molecule has 0 heterocycles. The van der Waals surface area contributed by atoms with Crippen LogP contribution in [0.4, 0.5) is 5.69 Å². The molecule has 0 bridgehead atoms. The number of esters is 2. The summed E-state index contributed by atoms with van der Waals surface area (Å²) in [4.78, 5) is 36.6. The average molecular weight is 362 g/mol. The molecule has 1 aromatic rings. The van der Waals surface area contributed by atoms with E-state index in [2.05, 4.69) is 5.32 Å². The Morgan fingerprint density at radius 2 is 1.77 bits per heavy atom. The predicted octanol–water partition coefficient (Wildman–Crippen LogP) is 1.30. The van der Waals surface area contributed by atoms with Crippen LogP contribution in [0.25, 0.3) is 0 Å². The maximum atomic E-state index is 12.7. The molecule has 1 fully saturated rings. The maximum absolute atomic E-state index is 12.7. The Hall–Kier alpha value is -2.57. The second-order valence-electron chi connectivity index (χ2n) is 7.22. The zero-order chi connectivity index (χ0) is 19.5. The number of carbonyl (C=O) groups is 3. The number of nitrogens with two attached hydrogens (primary N) is 1. The van der Waals surface area contributed by atoms with Crippen LogP contribution in [0.3, 0.4) is 0 Å². The minimum Gasteiger partial charge on any atom is -0.469 e. The Labute approximate surface area is 153 Å². The molecule has 1 saturated carbocycles. The average Bonchev–Trinajstić information content (AvgIpc) is 2.61. The van der Waals surface area contributed by atoms with Gasteiger partial charge in [0.15, 0.2) is 0 Å². The summed E-state index contributed by atoms with van der Waals surface area (Å²) in [6.07, 6.45) is 0.702. The summed E-state index contributed by atoms with van der Waals surface area (Å²) >= 11 is 0. The summed E-state index contributed by atoms with van der Waals surface area (Å²) in [5.41, 5.74) is 6.62. The molecule has 0 aliphatic heterocycles. The first-order chi connectivity index (χ1) is 12.2. The minimum absolute atomic E-state index is 0.263. The molecule has 3 N–H and O–H groups in total. The standard InChI is InChI=1S/C19H26N2O5/c1-19(2)13(10-14(19)17(23)25-3)16(22)21-15(18(24)26-4)9-11-5-7-12(20)8-6-11/h5-8,13-15H,9-10,20H2,1-4H3,(H,21,22). The zero-order valence-corrected chi connectivity index (χ0v) is 15.6. The van der Waals surface area contributed by atoms with Gasteiger partial charge < -0.3 is 20.5 Å². The Bertz CT molecular complexity index is 684. The molecule has 7 nitrogen and oxygen atoms in total. The maximum Gasteiger partial charge on any atom is 0.328 e. The molecular formula is C19H26N2O5. The third-order valence-corrected chi connectivity index (χ3v) is 5.29. The molecule has 2 rings (SSSR count). The molecule has 1 aliphatic carbocycles. The van der Waals surface area contributed by atoms with Crippen LogP contribution in [0.15, 0.2) is 24.3 Å². The molecule has 0 spiro atoms. The summed E-state index contributed by atoms with van der Waals surface area (Å²) in [5.74, 6) is -1.79. The minimum atomic E-state index is -0.802. The lowest BCUT2D eigenvalue weighted by Gasteiger charge is -2.49. The van der Waals surface area contributed by atoms with E-state index in [1.807, 2.05) is 13.8 Å². The van der Waals surface area contributed by atoms with Gasteiger partial charge in [-0.1, -0.05) is 26.0 Å². The highest BCUT2D eigenvalue weighted by atomic mass is 16.5. The molecule has 1 aliphatic rings. The van der Waals surface area contributed by atoms with Crippen LogP contribution in [0.1, 0.15) is 25.8 Å². The van der Waals surface area contributed by atoms with Gasteiger partial charge in [-0.3, -0.25) is 9.59 Å². The lowest BCUT2D eigenvalue weighted by molar-refractivity contribution is -0.167. The zero-order valence-electron chi connectivity index (χ0n) is 15.6. The van der Waals surface area contributed by atoms with Crippen molar-refractivity contribution in [3.63, 3.8) is 0 Å². The van der Waals surface area contributed by atoms with Gasteiger partial charge in [-0.25, -0.2) is 4.79 Å². The van der Waals surface area contributed by atoms with Crippen LogP contribution >= 0.6 is 0 Å². The number of hydrogen-bond acceptors (Lipinski definition) is 6. The van der Waals surface area contributed by atoms with Crippen molar-refractivity contribution in [3.05, 3.63) is 29.8 Å². The van der Waals surface area contributed by atoms with Gasteiger partial charge >= 0.3 is 11.9 Å². The van der Waals surface area contributed by atoms with Crippen LogP contribution < -0.4 is 11.1 Å². The van der Waals surface area contributed by atoms with Crippen molar-refractivity contribution in [1.29, 1.82) is 0 Å². The number of hydrogen-bond donors (Lipinski definition) is 2. The van der Waals surface area contributed by atoms with Gasteiger partial charge in [-0.15, -0.1) is 0 Å². The molecule has 7 heteroatoms. The SMILES string of the molecule is COC(=O)C(Cc1ccc(N)cc1)NC(=O)C1CC(C(=O)OC)C1(C)C. The number of nitrogen functional groups attached to an aromatic ring is 1. The number of ether oxygens (including phenoxy) is 2. The van der Waals surface area contributed by atoms with Crippen LogP contribution in [0.5, 0.6) is 0 Å². The lowest BCUT2D eigenvalue weighted by atomic mass is 9.54. The summed E-state index contributed by atoms with van der Waals surface area (Å²) in [6.45, 7) is 3.71. The normalized spacial score (nSPS) is 21.8. The van der Waals surface area contributed by atoms with E-state index in [4.69, 9.17) is 15.2 Å². The molecule has 3 atom stereocenters. The number of amides is 1. The fourth-order valence-corrected chi connectivity index (χ4v) is 3.41. The van der Waals surface area contributed by atoms with E-state index < -0.39 is 17.4 Å². The molecule has 26 heavy (non-hydrogen) atoms. The first kappa shape index (κ1) is 19.8. The second kappa shape index (κ2) is 7.76. The number of anilines is 1. The van der Waals surface area contributed by atoms with E-state index in [9.17, 15) is 14.4 Å². The summed E-state index contributed by atoms with van der Waals surface area (Å²) < 4.78 is 9.61. The van der Waals surface area contributed by atoms with Crippen LogP contribution in [0.2, 0.25) is 0 Å². The number of rotatable bonds is 6. The highest BCUT2D eigenvalue weighted by Gasteiger charge is 2.55. The van der Waals surface area contributed by atoms with Crippen molar-refractivity contribution in [2.75, 3.05) is 20.0 Å². The third kappa shape index (κ3) is 3.98. The van der Waals surface area contributed by atoms with E-state index in [0.717, 1.165) is 5.56 Å². The van der Waals surface area contributed by atoms with Crippen molar-refractivity contribution in [2.24, 2.45) is 17.3 Å². The van der Waals surface area contributed by atoms with Gasteiger partial charge in [0.05, 0.1) is 20.1 Å². The van der Waals surface area contributed by atoms with Gasteiger partial charge in [0, 0.05) is 18.0 Å². The fraction of sp³-hybridized carbons (Fsp3) is 0.526. The molecule has 0 saturated heterocycles. The van der Waals surface area contributed by atoms with Crippen molar-refractivity contribution in [3.8, 4) is 0 Å². The summed E-state index contributed by atoms with van der Waals surface area (Å²) in [7, 11) is 2.62. The van der Waals surface area contributed by atoms with E-state index in [1.165, 1.54) is 14.2 Å². The van der Waals surface area contributed by atoms with Crippen LogP contribution in [-0.2, 0) is 30.3 Å². The van der Waals surface area contributed by atoms with Gasteiger partial charge in [0.1, 0.15) is 6.04 Å². The molecule has 1 amide bonds. The highest BCUT2D eigenvalue weighted by Crippen LogP contribution is 2.51. The van der Waals surface area contributed by atoms with Crippen LogP contribution in [-0.4, -0.2) is 38.1 Å². The van der Waals surface area contributed by atoms with Crippen molar-refractivity contribution < 1.29 is 23.9 Å². The molecule has 1 aromatic carbocycles. The first-order valence-corrected chi connectivity index (χ1v) is 8.51. The lowest BCUT2D eigenvalue weighted by Crippen LogP contribution is -2.57. The van der Waals surface area contributed by atoms with E-state index >= 15 is 0 Å². The van der Waals surface area contributed by atoms with Crippen molar-refractivity contribution in [2.45, 2.75) is 32.7 Å². The van der Waals surface area contributed by atoms with Gasteiger partial charge in [-0.05, 0) is 29.5 Å². The van der Waals surface area contributed by atoms with E-state index in [-0.39, 0.29) is 23.7 Å². The molecule has 0 radical (unpaired) electrons. The quantitative estimate of drug-likeness (QED) is 0.583. The molecule has 0 aromatic heterocycles. The topological polar surface area (TPSA) is 108 Å². The van der Waals surface area contributed by atoms with Crippen LogP contribution in [0, 0.1) is 17.3 Å². The smallest absolute Gasteiger partial charge is 0.328 e. The Morgan fingerprint density at radius 3 is 2.27 bits per heavy atom. The Balaban J connectivity index is 2.06. The monoisotopic (exact) mass is 362 g/mol. The third-order valence-electron chi connectivity index (χ3n) is 5.29. The summed E-state index contributed by atoms with van der Waals surface area (Å²) in [6, 6.07) is 6.28. The number of nitrogens with one attached hydrogen (secondary N) is 1. The molecule has 3 unspecified atom stereocenters. The fourth-order valence-electron chi connectivity index (χ4n) is 3.41. The second-order valence-corrected chi connectivity index (χ2v) is 7.22. The molecule has 142 valence electrons. The van der Waals surface area contributed by atoms with Gasteiger partial charge in [0.2, 0.25) is 5.91 Å².